The van der Waals surface area contributed by atoms with Crippen LogP contribution in [0.2, 0.25) is 0 Å². The Morgan fingerprint density at radius 3 is 2.26 bits per heavy atom. The molecule has 1 fully saturated rings. The number of pyridine rings is 1. The predicted octanol–water partition coefficient (Wildman–Crippen LogP) is 4.87. The third-order valence-corrected chi connectivity index (χ3v) is 4.62. The Balaban J connectivity index is 1.75. The molecule has 0 spiro atoms. The first-order valence-corrected chi connectivity index (χ1v) is 8.21. The molecule has 1 aromatic carbocycles. The molecule has 2 nitrogen and oxygen atoms in total. The number of benzene rings is 1. The molecule has 0 radical (unpaired) electrons. The molecule has 1 aromatic heterocycles. The van der Waals surface area contributed by atoms with Crippen LogP contribution in [0.25, 0.3) is 0 Å². The van der Waals surface area contributed by atoms with E-state index in [1.165, 1.54) is 12.1 Å². The SMILES string of the molecule is CC(C)c1cc(F)c(N2CCC(c3ccccn3)CC2)c(F)c1. The van der Waals surface area contributed by atoms with E-state index in [4.69, 9.17) is 0 Å². The van der Waals surface area contributed by atoms with Gasteiger partial charge in [0.05, 0.1) is 0 Å². The summed E-state index contributed by atoms with van der Waals surface area (Å²) in [7, 11) is 0. The second-order valence-corrected chi connectivity index (χ2v) is 6.50. The first-order valence-electron chi connectivity index (χ1n) is 8.21. The third kappa shape index (κ3) is 3.36. The highest BCUT2D eigenvalue weighted by atomic mass is 19.1. The molecule has 1 aliphatic rings. The summed E-state index contributed by atoms with van der Waals surface area (Å²) in [6, 6.07) is 8.85. The second-order valence-electron chi connectivity index (χ2n) is 6.50. The van der Waals surface area contributed by atoms with E-state index in [-0.39, 0.29) is 11.6 Å². The van der Waals surface area contributed by atoms with E-state index in [1.807, 2.05) is 36.9 Å². The molecule has 2 aromatic rings. The zero-order valence-corrected chi connectivity index (χ0v) is 13.6. The number of nitrogens with zero attached hydrogens (tertiary/aromatic N) is 2. The Kier molecular flexibility index (Phi) is 4.60. The molecule has 0 bridgehead atoms. The van der Waals surface area contributed by atoms with Crippen molar-refractivity contribution in [2.24, 2.45) is 0 Å². The van der Waals surface area contributed by atoms with Crippen molar-refractivity contribution in [2.45, 2.75) is 38.5 Å². The minimum absolute atomic E-state index is 0.114. The van der Waals surface area contributed by atoms with E-state index < -0.39 is 11.6 Å². The zero-order chi connectivity index (χ0) is 16.4. The lowest BCUT2D eigenvalue weighted by atomic mass is 9.92. The summed E-state index contributed by atoms with van der Waals surface area (Å²) in [5.74, 6) is -0.425. The smallest absolute Gasteiger partial charge is 0.149 e. The first kappa shape index (κ1) is 15.9. The van der Waals surface area contributed by atoms with Crippen molar-refractivity contribution < 1.29 is 8.78 Å². The molecule has 1 aliphatic heterocycles. The zero-order valence-electron chi connectivity index (χ0n) is 13.6. The van der Waals surface area contributed by atoms with Crippen LogP contribution in [0.1, 0.15) is 49.8 Å². The fourth-order valence-corrected chi connectivity index (χ4v) is 3.24. The van der Waals surface area contributed by atoms with E-state index in [9.17, 15) is 8.78 Å². The van der Waals surface area contributed by atoms with Crippen molar-refractivity contribution in [3.63, 3.8) is 0 Å². The largest absolute Gasteiger partial charge is 0.367 e. The van der Waals surface area contributed by atoms with E-state index in [2.05, 4.69) is 4.98 Å². The summed E-state index contributed by atoms with van der Waals surface area (Å²) in [5.41, 5.74) is 1.89. The van der Waals surface area contributed by atoms with Gasteiger partial charge in [-0.25, -0.2) is 8.78 Å². The first-order chi connectivity index (χ1) is 11.1. The highest BCUT2D eigenvalue weighted by Crippen LogP contribution is 2.33. The molecule has 2 heterocycles. The maximum Gasteiger partial charge on any atom is 0.149 e. The van der Waals surface area contributed by atoms with Gasteiger partial charge in [-0.1, -0.05) is 19.9 Å². The van der Waals surface area contributed by atoms with Crippen molar-refractivity contribution in [3.05, 3.63) is 59.4 Å². The lowest BCUT2D eigenvalue weighted by molar-refractivity contribution is 0.478. The van der Waals surface area contributed by atoms with E-state index in [1.54, 1.807) is 6.20 Å². The molecule has 0 N–H and O–H groups in total. The molecule has 0 atom stereocenters. The van der Waals surface area contributed by atoms with Gasteiger partial charge in [0.1, 0.15) is 17.3 Å². The van der Waals surface area contributed by atoms with Gasteiger partial charge in [0, 0.05) is 30.9 Å². The number of aromatic nitrogens is 1. The van der Waals surface area contributed by atoms with Crippen LogP contribution >= 0.6 is 0 Å². The van der Waals surface area contributed by atoms with Crippen LogP contribution in [-0.4, -0.2) is 18.1 Å². The second kappa shape index (κ2) is 6.65. The fraction of sp³-hybridized carbons (Fsp3) is 0.421. The van der Waals surface area contributed by atoms with Gasteiger partial charge < -0.3 is 4.90 Å². The van der Waals surface area contributed by atoms with Gasteiger partial charge in [-0.3, -0.25) is 4.98 Å². The van der Waals surface area contributed by atoms with E-state index >= 15 is 0 Å². The Bertz CT molecular complexity index is 639. The standard InChI is InChI=1S/C19H22F2N2/c1-13(2)15-11-16(20)19(17(21)12-15)23-9-6-14(7-10-23)18-5-3-4-8-22-18/h3-5,8,11-14H,6-7,9-10H2,1-2H3. The van der Waals surface area contributed by atoms with Crippen molar-refractivity contribution >= 4 is 5.69 Å². The molecule has 122 valence electrons. The van der Waals surface area contributed by atoms with E-state index in [0.29, 0.717) is 24.6 Å². The summed E-state index contributed by atoms with van der Waals surface area (Å²) >= 11 is 0. The van der Waals surface area contributed by atoms with Crippen LogP contribution in [0.15, 0.2) is 36.5 Å². The summed E-state index contributed by atoms with van der Waals surface area (Å²) in [6.07, 6.45) is 3.52. The van der Waals surface area contributed by atoms with Crippen LogP contribution in [0.5, 0.6) is 0 Å². The van der Waals surface area contributed by atoms with E-state index in [0.717, 1.165) is 18.5 Å². The third-order valence-electron chi connectivity index (χ3n) is 4.62. The summed E-state index contributed by atoms with van der Waals surface area (Å²) in [5, 5.41) is 0. The van der Waals surface area contributed by atoms with Gasteiger partial charge in [-0.2, -0.15) is 0 Å². The Morgan fingerprint density at radius 2 is 1.74 bits per heavy atom. The van der Waals surface area contributed by atoms with Crippen LogP contribution in [0, 0.1) is 11.6 Å². The molecule has 23 heavy (non-hydrogen) atoms. The maximum absolute atomic E-state index is 14.4. The minimum Gasteiger partial charge on any atom is -0.367 e. The van der Waals surface area contributed by atoms with Crippen molar-refractivity contribution in [2.75, 3.05) is 18.0 Å². The Hall–Kier alpha value is -1.97. The summed E-state index contributed by atoms with van der Waals surface area (Å²) in [6.45, 7) is 5.17. The lowest BCUT2D eigenvalue weighted by Gasteiger charge is -2.34. The fourth-order valence-electron chi connectivity index (χ4n) is 3.24. The van der Waals surface area contributed by atoms with Crippen molar-refractivity contribution in [1.29, 1.82) is 0 Å². The van der Waals surface area contributed by atoms with Gasteiger partial charge in [-0.15, -0.1) is 0 Å². The molecule has 4 heteroatoms. The number of hydrogen-bond donors (Lipinski definition) is 0. The summed E-state index contributed by atoms with van der Waals surface area (Å²) < 4.78 is 28.8. The summed E-state index contributed by atoms with van der Waals surface area (Å²) in [4.78, 5) is 6.23. The highest BCUT2D eigenvalue weighted by Gasteiger charge is 2.25. The number of halogens is 2. The van der Waals surface area contributed by atoms with Crippen LogP contribution in [0.4, 0.5) is 14.5 Å². The lowest BCUT2D eigenvalue weighted by Crippen LogP contribution is -2.34. The van der Waals surface area contributed by atoms with Crippen LogP contribution < -0.4 is 4.90 Å². The monoisotopic (exact) mass is 316 g/mol. The van der Waals surface area contributed by atoms with Gasteiger partial charge >= 0.3 is 0 Å². The molecule has 1 saturated heterocycles. The van der Waals surface area contributed by atoms with Crippen molar-refractivity contribution in [3.8, 4) is 0 Å². The normalized spacial score (nSPS) is 16.1. The predicted molar refractivity (Wildman–Crippen MR) is 88.9 cm³/mol. The molecule has 0 aliphatic carbocycles. The topological polar surface area (TPSA) is 16.1 Å². The average Bonchev–Trinajstić information content (AvgIpc) is 2.55. The molecule has 0 amide bonds. The number of piperidine rings is 1. The Labute approximate surface area is 136 Å². The van der Waals surface area contributed by atoms with Gasteiger partial charge in [-0.05, 0) is 48.6 Å². The van der Waals surface area contributed by atoms with Crippen LogP contribution in [-0.2, 0) is 0 Å². The number of hydrogen-bond acceptors (Lipinski definition) is 2. The quantitative estimate of drug-likeness (QED) is 0.803. The van der Waals surface area contributed by atoms with Gasteiger partial charge in [0.15, 0.2) is 0 Å². The molecule has 0 saturated carbocycles. The maximum atomic E-state index is 14.4. The Morgan fingerprint density at radius 1 is 1.09 bits per heavy atom. The molecule has 0 unspecified atom stereocenters. The number of rotatable bonds is 3. The van der Waals surface area contributed by atoms with Crippen molar-refractivity contribution in [1.82, 2.24) is 4.98 Å². The highest BCUT2D eigenvalue weighted by molar-refractivity contribution is 5.51. The molecule has 3 rings (SSSR count). The molecular weight excluding hydrogens is 294 g/mol. The minimum atomic E-state index is -0.454. The van der Waals surface area contributed by atoms with Gasteiger partial charge in [0.25, 0.3) is 0 Å². The van der Waals surface area contributed by atoms with Gasteiger partial charge in [0.2, 0.25) is 0 Å². The molecular formula is C19H22F2N2. The number of anilines is 1. The average molecular weight is 316 g/mol. The van der Waals surface area contributed by atoms with Crippen LogP contribution in [0.3, 0.4) is 0 Å².